The van der Waals surface area contributed by atoms with Crippen LogP contribution in [0.25, 0.3) is 0 Å². The van der Waals surface area contributed by atoms with Crippen LogP contribution in [0.5, 0.6) is 0 Å². The SMILES string of the molecule is CCC(CC)CNC(=NC)NCCc1ccccc1. The molecule has 0 radical (unpaired) electrons. The summed E-state index contributed by atoms with van der Waals surface area (Å²) in [7, 11) is 1.82. The van der Waals surface area contributed by atoms with Crippen molar-refractivity contribution in [2.24, 2.45) is 10.9 Å². The topological polar surface area (TPSA) is 36.4 Å². The predicted octanol–water partition coefficient (Wildman–Crippen LogP) is 2.83. The largest absolute Gasteiger partial charge is 0.356 e. The van der Waals surface area contributed by atoms with E-state index in [1.807, 2.05) is 13.1 Å². The van der Waals surface area contributed by atoms with E-state index in [0.29, 0.717) is 0 Å². The Balaban J connectivity index is 2.26. The van der Waals surface area contributed by atoms with E-state index in [9.17, 15) is 0 Å². The van der Waals surface area contributed by atoms with Crippen LogP contribution in [-0.4, -0.2) is 26.1 Å². The molecular weight excluding hydrogens is 234 g/mol. The van der Waals surface area contributed by atoms with Crippen LogP contribution in [0, 0.1) is 5.92 Å². The van der Waals surface area contributed by atoms with E-state index in [0.717, 1.165) is 31.4 Å². The van der Waals surface area contributed by atoms with Crippen LogP contribution in [0.4, 0.5) is 0 Å². The molecule has 0 atom stereocenters. The Morgan fingerprint density at radius 3 is 2.37 bits per heavy atom. The number of rotatable bonds is 7. The molecule has 0 amide bonds. The Labute approximate surface area is 117 Å². The number of nitrogens with one attached hydrogen (secondary N) is 2. The number of hydrogen-bond acceptors (Lipinski definition) is 1. The summed E-state index contributed by atoms with van der Waals surface area (Å²) in [5, 5.41) is 6.76. The molecule has 0 saturated carbocycles. The first kappa shape index (κ1) is 15.5. The summed E-state index contributed by atoms with van der Waals surface area (Å²) in [5.41, 5.74) is 1.35. The van der Waals surface area contributed by atoms with Crippen LogP contribution < -0.4 is 10.6 Å². The maximum atomic E-state index is 4.25. The Morgan fingerprint density at radius 2 is 1.79 bits per heavy atom. The number of guanidine groups is 1. The molecule has 19 heavy (non-hydrogen) atoms. The Bertz CT molecular complexity index is 356. The first-order valence-corrected chi connectivity index (χ1v) is 7.28. The van der Waals surface area contributed by atoms with Gasteiger partial charge in [-0.2, -0.15) is 0 Å². The van der Waals surface area contributed by atoms with E-state index >= 15 is 0 Å². The number of benzene rings is 1. The van der Waals surface area contributed by atoms with E-state index in [1.165, 1.54) is 18.4 Å². The van der Waals surface area contributed by atoms with Gasteiger partial charge in [-0.15, -0.1) is 0 Å². The summed E-state index contributed by atoms with van der Waals surface area (Å²) >= 11 is 0. The average Bonchev–Trinajstić information content (AvgIpc) is 2.47. The Hall–Kier alpha value is -1.51. The number of aliphatic imine (C=N–C) groups is 1. The van der Waals surface area contributed by atoms with Crippen molar-refractivity contribution < 1.29 is 0 Å². The van der Waals surface area contributed by atoms with Crippen molar-refractivity contribution in [1.29, 1.82) is 0 Å². The molecule has 1 aromatic rings. The van der Waals surface area contributed by atoms with Gasteiger partial charge in [-0.05, 0) is 17.9 Å². The van der Waals surface area contributed by atoms with Gasteiger partial charge in [-0.25, -0.2) is 0 Å². The molecule has 0 aliphatic heterocycles. The van der Waals surface area contributed by atoms with E-state index in [4.69, 9.17) is 0 Å². The molecule has 3 heteroatoms. The van der Waals surface area contributed by atoms with E-state index < -0.39 is 0 Å². The number of nitrogens with zero attached hydrogens (tertiary/aromatic N) is 1. The molecule has 1 rings (SSSR count). The molecule has 0 saturated heterocycles. The molecule has 0 heterocycles. The molecule has 0 aliphatic rings. The summed E-state index contributed by atoms with van der Waals surface area (Å²) in [6.07, 6.45) is 3.45. The molecule has 0 unspecified atom stereocenters. The van der Waals surface area contributed by atoms with Crippen molar-refractivity contribution in [1.82, 2.24) is 10.6 Å². The van der Waals surface area contributed by atoms with Gasteiger partial charge in [0, 0.05) is 20.1 Å². The van der Waals surface area contributed by atoms with Crippen molar-refractivity contribution in [3.8, 4) is 0 Å². The van der Waals surface area contributed by atoms with Gasteiger partial charge < -0.3 is 10.6 Å². The second-order valence-corrected chi connectivity index (χ2v) is 4.80. The standard InChI is InChI=1S/C16H27N3/c1-4-14(5-2)13-19-16(17-3)18-12-11-15-9-7-6-8-10-15/h6-10,14H,4-5,11-13H2,1-3H3,(H2,17,18,19). The lowest BCUT2D eigenvalue weighted by molar-refractivity contribution is 0.481. The van der Waals surface area contributed by atoms with Crippen molar-refractivity contribution in [3.63, 3.8) is 0 Å². The Morgan fingerprint density at radius 1 is 1.11 bits per heavy atom. The maximum absolute atomic E-state index is 4.25. The Kier molecular flexibility index (Phi) is 7.71. The highest BCUT2D eigenvalue weighted by atomic mass is 15.2. The van der Waals surface area contributed by atoms with Crippen LogP contribution in [0.3, 0.4) is 0 Å². The molecule has 1 aromatic carbocycles. The van der Waals surface area contributed by atoms with Crippen molar-refractivity contribution >= 4 is 5.96 Å². The van der Waals surface area contributed by atoms with Crippen LogP contribution >= 0.6 is 0 Å². The molecule has 0 bridgehead atoms. The van der Waals surface area contributed by atoms with Crippen molar-refractivity contribution in [2.75, 3.05) is 20.1 Å². The third-order valence-corrected chi connectivity index (χ3v) is 3.49. The second-order valence-electron chi connectivity index (χ2n) is 4.80. The monoisotopic (exact) mass is 261 g/mol. The molecule has 106 valence electrons. The van der Waals surface area contributed by atoms with E-state index in [1.54, 1.807) is 0 Å². The van der Waals surface area contributed by atoms with Crippen LogP contribution in [-0.2, 0) is 6.42 Å². The van der Waals surface area contributed by atoms with Crippen LogP contribution in [0.2, 0.25) is 0 Å². The van der Waals surface area contributed by atoms with Gasteiger partial charge >= 0.3 is 0 Å². The highest BCUT2D eigenvalue weighted by molar-refractivity contribution is 5.79. The van der Waals surface area contributed by atoms with Crippen LogP contribution in [0.1, 0.15) is 32.3 Å². The quantitative estimate of drug-likeness (QED) is 0.585. The summed E-state index contributed by atoms with van der Waals surface area (Å²) in [5.74, 6) is 1.63. The maximum Gasteiger partial charge on any atom is 0.190 e. The van der Waals surface area contributed by atoms with Gasteiger partial charge in [0.1, 0.15) is 0 Å². The highest BCUT2D eigenvalue weighted by Crippen LogP contribution is 2.04. The third kappa shape index (κ3) is 6.27. The lowest BCUT2D eigenvalue weighted by Gasteiger charge is -2.16. The fraction of sp³-hybridized carbons (Fsp3) is 0.562. The van der Waals surface area contributed by atoms with Crippen LogP contribution in [0.15, 0.2) is 35.3 Å². The summed E-state index contributed by atoms with van der Waals surface area (Å²) in [6, 6.07) is 10.5. The molecule has 0 spiro atoms. The van der Waals surface area contributed by atoms with E-state index in [2.05, 4.69) is 53.7 Å². The normalized spacial score (nSPS) is 11.7. The minimum atomic E-state index is 0.729. The molecule has 0 aliphatic carbocycles. The minimum Gasteiger partial charge on any atom is -0.356 e. The predicted molar refractivity (Wildman–Crippen MR) is 83.6 cm³/mol. The van der Waals surface area contributed by atoms with Gasteiger partial charge in [-0.1, -0.05) is 57.0 Å². The lowest BCUT2D eigenvalue weighted by atomic mass is 10.0. The fourth-order valence-corrected chi connectivity index (χ4v) is 2.01. The third-order valence-electron chi connectivity index (χ3n) is 3.49. The van der Waals surface area contributed by atoms with Gasteiger partial charge in [0.05, 0.1) is 0 Å². The second kappa shape index (κ2) is 9.42. The van der Waals surface area contributed by atoms with Crippen molar-refractivity contribution in [2.45, 2.75) is 33.1 Å². The fourth-order valence-electron chi connectivity index (χ4n) is 2.01. The summed E-state index contributed by atoms with van der Waals surface area (Å²) in [4.78, 5) is 4.25. The van der Waals surface area contributed by atoms with E-state index in [-0.39, 0.29) is 0 Å². The first-order valence-electron chi connectivity index (χ1n) is 7.28. The zero-order valence-corrected chi connectivity index (χ0v) is 12.4. The smallest absolute Gasteiger partial charge is 0.190 e. The molecular formula is C16H27N3. The molecule has 3 nitrogen and oxygen atoms in total. The minimum absolute atomic E-state index is 0.729. The number of hydrogen-bond donors (Lipinski definition) is 2. The average molecular weight is 261 g/mol. The summed E-state index contributed by atoms with van der Waals surface area (Å²) in [6.45, 7) is 6.38. The van der Waals surface area contributed by atoms with Gasteiger partial charge in [-0.3, -0.25) is 4.99 Å². The lowest BCUT2D eigenvalue weighted by Crippen LogP contribution is -2.40. The van der Waals surface area contributed by atoms with Gasteiger partial charge in [0.15, 0.2) is 5.96 Å². The van der Waals surface area contributed by atoms with Gasteiger partial charge in [0.25, 0.3) is 0 Å². The molecule has 0 fully saturated rings. The molecule has 2 N–H and O–H groups in total. The van der Waals surface area contributed by atoms with Gasteiger partial charge in [0.2, 0.25) is 0 Å². The highest BCUT2D eigenvalue weighted by Gasteiger charge is 2.04. The zero-order valence-electron chi connectivity index (χ0n) is 12.4. The van der Waals surface area contributed by atoms with Crippen molar-refractivity contribution in [3.05, 3.63) is 35.9 Å². The first-order chi connectivity index (χ1) is 9.30. The molecule has 0 aromatic heterocycles. The summed E-state index contributed by atoms with van der Waals surface area (Å²) < 4.78 is 0. The zero-order chi connectivity index (χ0) is 13.9.